The average molecular weight is 212 g/mol. The van der Waals surface area contributed by atoms with Gasteiger partial charge in [0.2, 0.25) is 12.2 Å². The molecule has 0 heterocycles. The zero-order valence-corrected chi connectivity index (χ0v) is 8.39. The number of hydrogen-bond acceptors (Lipinski definition) is 5. The van der Waals surface area contributed by atoms with E-state index in [2.05, 4.69) is 9.98 Å². The molecule has 0 amide bonds. The minimum Gasteiger partial charge on any atom is -0.479 e. The first-order chi connectivity index (χ1) is 7.06. The fourth-order valence-corrected chi connectivity index (χ4v) is 1.02. The number of rotatable bonds is 7. The number of unbranched alkanes of at least 4 members (excludes halogenated alkanes) is 1. The van der Waals surface area contributed by atoms with Gasteiger partial charge < -0.3 is 5.11 Å². The van der Waals surface area contributed by atoms with E-state index in [4.69, 9.17) is 5.11 Å². The number of carboxylic acids is 1. The Hall–Kier alpha value is -1.77. The van der Waals surface area contributed by atoms with Crippen molar-refractivity contribution in [1.82, 2.24) is 0 Å². The summed E-state index contributed by atoms with van der Waals surface area (Å²) in [6, 6.07) is 0. The summed E-state index contributed by atoms with van der Waals surface area (Å²) in [5.74, 6) is -1.16. The van der Waals surface area contributed by atoms with E-state index < -0.39 is 11.5 Å². The van der Waals surface area contributed by atoms with Crippen LogP contribution in [0.5, 0.6) is 0 Å². The van der Waals surface area contributed by atoms with Gasteiger partial charge in [0, 0.05) is 0 Å². The Labute approximate surface area is 86.7 Å². The lowest BCUT2D eigenvalue weighted by Crippen LogP contribution is -2.32. The van der Waals surface area contributed by atoms with Gasteiger partial charge in [-0.05, 0) is 26.2 Å². The molecule has 6 nitrogen and oxygen atoms in total. The third kappa shape index (κ3) is 4.86. The lowest BCUT2D eigenvalue weighted by molar-refractivity contribution is -0.142. The van der Waals surface area contributed by atoms with E-state index in [1.807, 2.05) is 0 Å². The molecule has 0 aliphatic carbocycles. The molecule has 0 spiro atoms. The highest BCUT2D eigenvalue weighted by atomic mass is 16.4. The molecule has 0 aromatic rings. The maximum Gasteiger partial charge on any atom is 0.332 e. The van der Waals surface area contributed by atoms with Crippen molar-refractivity contribution in [1.29, 1.82) is 0 Å². The summed E-state index contributed by atoms with van der Waals surface area (Å²) in [5.41, 5.74) is -1.42. The highest BCUT2D eigenvalue weighted by Crippen LogP contribution is 2.18. The monoisotopic (exact) mass is 212 g/mol. The molecule has 0 aromatic heterocycles. The van der Waals surface area contributed by atoms with E-state index in [0.717, 1.165) is 0 Å². The molecular formula is C9H12N2O4. The summed E-state index contributed by atoms with van der Waals surface area (Å²) < 4.78 is 0. The van der Waals surface area contributed by atoms with Crippen LogP contribution in [0, 0.1) is 0 Å². The van der Waals surface area contributed by atoms with Gasteiger partial charge in [0.05, 0.1) is 6.54 Å². The Morgan fingerprint density at radius 2 is 2.00 bits per heavy atom. The SMILES string of the molecule is C[C@@](CCCCN=C=O)(N=C=O)C(=O)O. The molecule has 0 radical (unpaired) electrons. The molecule has 0 aliphatic rings. The zero-order valence-electron chi connectivity index (χ0n) is 8.39. The first kappa shape index (κ1) is 13.2. The van der Waals surface area contributed by atoms with Crippen LogP contribution in [0.15, 0.2) is 9.98 Å². The van der Waals surface area contributed by atoms with Crippen LogP contribution in [0.3, 0.4) is 0 Å². The Kier molecular flexibility index (Phi) is 5.86. The molecule has 1 atom stereocenters. The Bertz CT molecular complexity index is 312. The van der Waals surface area contributed by atoms with Gasteiger partial charge >= 0.3 is 5.97 Å². The number of carbonyl (C=O) groups excluding carboxylic acids is 2. The first-order valence-corrected chi connectivity index (χ1v) is 4.43. The second kappa shape index (κ2) is 6.65. The first-order valence-electron chi connectivity index (χ1n) is 4.43. The molecular weight excluding hydrogens is 200 g/mol. The van der Waals surface area contributed by atoms with Crippen LogP contribution in [0.2, 0.25) is 0 Å². The molecule has 0 aliphatic heterocycles. The van der Waals surface area contributed by atoms with Gasteiger partial charge in [0.1, 0.15) is 0 Å². The third-order valence-electron chi connectivity index (χ3n) is 2.00. The Morgan fingerprint density at radius 1 is 1.33 bits per heavy atom. The van der Waals surface area contributed by atoms with E-state index in [1.54, 1.807) is 0 Å². The fourth-order valence-electron chi connectivity index (χ4n) is 1.02. The van der Waals surface area contributed by atoms with Gasteiger partial charge in [0.25, 0.3) is 0 Å². The van der Waals surface area contributed by atoms with E-state index in [9.17, 15) is 14.4 Å². The summed E-state index contributed by atoms with van der Waals surface area (Å²) in [4.78, 5) is 37.1. The number of nitrogens with zero attached hydrogens (tertiary/aromatic N) is 2. The van der Waals surface area contributed by atoms with Crippen molar-refractivity contribution >= 4 is 18.1 Å². The van der Waals surface area contributed by atoms with Crippen LogP contribution in [-0.2, 0) is 14.4 Å². The zero-order chi connectivity index (χ0) is 11.7. The summed E-state index contributed by atoms with van der Waals surface area (Å²) in [7, 11) is 0. The fraction of sp³-hybridized carbons (Fsp3) is 0.667. The molecule has 6 heteroatoms. The standard InChI is InChI=1S/C9H12N2O4/c1-9(8(14)15,11-7-13)4-2-3-5-10-6-12/h2-5H2,1H3,(H,14,15)/t9-/m0/s1. The van der Waals surface area contributed by atoms with Crippen molar-refractivity contribution in [2.24, 2.45) is 9.98 Å². The summed E-state index contributed by atoms with van der Waals surface area (Å²) in [5, 5.41) is 8.81. The lowest BCUT2D eigenvalue weighted by atomic mass is 9.96. The van der Waals surface area contributed by atoms with E-state index in [1.165, 1.54) is 19.1 Å². The van der Waals surface area contributed by atoms with Gasteiger partial charge in [-0.15, -0.1) is 0 Å². The Balaban J connectivity index is 4.14. The smallest absolute Gasteiger partial charge is 0.332 e. The largest absolute Gasteiger partial charge is 0.479 e. The van der Waals surface area contributed by atoms with Crippen molar-refractivity contribution in [2.75, 3.05) is 6.54 Å². The topological polar surface area (TPSA) is 96.2 Å². The predicted octanol–water partition coefficient (Wildman–Crippen LogP) is 0.672. The molecule has 0 saturated heterocycles. The molecule has 0 aromatic carbocycles. The predicted molar refractivity (Wildman–Crippen MR) is 51.0 cm³/mol. The van der Waals surface area contributed by atoms with Gasteiger partial charge in [-0.1, -0.05) is 0 Å². The highest BCUT2D eigenvalue weighted by molar-refractivity contribution is 5.79. The summed E-state index contributed by atoms with van der Waals surface area (Å²) in [6.07, 6.45) is 3.93. The summed E-state index contributed by atoms with van der Waals surface area (Å²) in [6.45, 7) is 1.66. The van der Waals surface area contributed by atoms with Crippen molar-refractivity contribution < 1.29 is 19.5 Å². The molecule has 0 fully saturated rings. The van der Waals surface area contributed by atoms with Crippen LogP contribution in [0.1, 0.15) is 26.2 Å². The van der Waals surface area contributed by atoms with E-state index >= 15 is 0 Å². The second-order valence-electron chi connectivity index (χ2n) is 3.21. The van der Waals surface area contributed by atoms with Crippen molar-refractivity contribution in [2.45, 2.75) is 31.7 Å². The van der Waals surface area contributed by atoms with E-state index in [0.29, 0.717) is 19.4 Å². The molecule has 0 saturated carbocycles. The molecule has 82 valence electrons. The maximum atomic E-state index is 10.8. The van der Waals surface area contributed by atoms with Crippen molar-refractivity contribution in [3.05, 3.63) is 0 Å². The van der Waals surface area contributed by atoms with Gasteiger partial charge in [-0.2, -0.15) is 4.99 Å². The van der Waals surface area contributed by atoms with Crippen LogP contribution in [-0.4, -0.2) is 35.3 Å². The van der Waals surface area contributed by atoms with Crippen LogP contribution in [0.4, 0.5) is 0 Å². The minimum absolute atomic E-state index is 0.214. The van der Waals surface area contributed by atoms with Gasteiger partial charge in [-0.25, -0.2) is 19.4 Å². The maximum absolute atomic E-state index is 10.8. The number of carboxylic acid groups (broad SMARTS) is 1. The van der Waals surface area contributed by atoms with E-state index in [-0.39, 0.29) is 6.42 Å². The number of aliphatic carboxylic acids is 1. The Morgan fingerprint density at radius 3 is 2.47 bits per heavy atom. The normalized spacial score (nSPS) is 13.1. The van der Waals surface area contributed by atoms with Crippen molar-refractivity contribution in [3.8, 4) is 0 Å². The van der Waals surface area contributed by atoms with Crippen molar-refractivity contribution in [3.63, 3.8) is 0 Å². The van der Waals surface area contributed by atoms with Gasteiger partial charge in [0.15, 0.2) is 5.54 Å². The van der Waals surface area contributed by atoms with Crippen LogP contribution < -0.4 is 0 Å². The molecule has 15 heavy (non-hydrogen) atoms. The number of hydrogen-bond donors (Lipinski definition) is 1. The van der Waals surface area contributed by atoms with Gasteiger partial charge in [-0.3, -0.25) is 0 Å². The molecule has 0 unspecified atom stereocenters. The minimum atomic E-state index is -1.42. The van der Waals surface area contributed by atoms with Crippen LogP contribution >= 0.6 is 0 Å². The molecule has 1 N–H and O–H groups in total. The quantitative estimate of drug-likeness (QED) is 0.381. The number of isocyanates is 2. The average Bonchev–Trinajstić information content (AvgIpc) is 2.18. The number of aliphatic imine (C=N–C) groups is 2. The third-order valence-corrected chi connectivity index (χ3v) is 2.00. The number of carbonyl (C=O) groups is 1. The highest BCUT2D eigenvalue weighted by Gasteiger charge is 2.31. The van der Waals surface area contributed by atoms with Crippen LogP contribution in [0.25, 0.3) is 0 Å². The second-order valence-corrected chi connectivity index (χ2v) is 3.21. The lowest BCUT2D eigenvalue weighted by Gasteiger charge is -2.16. The molecule has 0 rings (SSSR count). The molecule has 0 bridgehead atoms. The summed E-state index contributed by atoms with van der Waals surface area (Å²) >= 11 is 0.